The second-order valence-corrected chi connectivity index (χ2v) is 14.5. The minimum Gasteiger partial charge on any atom is -0.507 e. The monoisotopic (exact) mass is 401 g/mol. The Bertz CT molecular complexity index is 721. The molecule has 3 N–H and O–H groups in total. The molecular formula is C24H39NO2Si. The highest BCUT2D eigenvalue weighted by Crippen LogP contribution is 2.41. The molecule has 156 valence electrons. The molecule has 2 aromatic carbocycles. The molecule has 2 rings (SSSR count). The molecule has 0 aliphatic carbocycles. The second kappa shape index (κ2) is 9.14. The summed E-state index contributed by atoms with van der Waals surface area (Å²) >= 11 is 0. The molecule has 0 fully saturated rings. The van der Waals surface area contributed by atoms with Crippen LogP contribution < -0.4 is 15.7 Å². The van der Waals surface area contributed by atoms with Crippen molar-refractivity contribution in [3.8, 4) is 11.5 Å². The van der Waals surface area contributed by atoms with Crippen LogP contribution in [-0.4, -0.2) is 26.5 Å². The second-order valence-electron chi connectivity index (χ2n) is 9.91. The third kappa shape index (κ3) is 6.11. The van der Waals surface area contributed by atoms with Crippen molar-refractivity contribution in [2.45, 2.75) is 65.5 Å². The van der Waals surface area contributed by atoms with Gasteiger partial charge in [0.2, 0.25) is 0 Å². The molecule has 3 nitrogen and oxygen atoms in total. The highest BCUT2D eigenvalue weighted by Gasteiger charge is 2.28. The van der Waals surface area contributed by atoms with Gasteiger partial charge < -0.3 is 15.6 Å². The van der Waals surface area contributed by atoms with Crippen molar-refractivity contribution in [3.63, 3.8) is 0 Å². The Hall–Kier alpha value is -1.78. The molecule has 0 aromatic heterocycles. The van der Waals surface area contributed by atoms with Gasteiger partial charge in [0.15, 0.2) is 0 Å². The van der Waals surface area contributed by atoms with Gasteiger partial charge in [-0.2, -0.15) is 0 Å². The number of hydrogen-bond acceptors (Lipinski definition) is 3. The maximum absolute atomic E-state index is 10.8. The Labute approximate surface area is 173 Å². The highest BCUT2D eigenvalue weighted by molar-refractivity contribution is 6.89. The fourth-order valence-electron chi connectivity index (χ4n) is 3.07. The standard InChI is InChI=1S/C23H34O2Si.CH5N/c1-22(2,3)19-14-17(15-20(21(19)24)23(4,5)6)25-16-26(7,8)18-12-10-9-11-13-18;1-2/h9-15,24H,16H2,1-8H3;2H2,1H3. The van der Waals surface area contributed by atoms with E-state index in [9.17, 15) is 5.11 Å². The zero-order valence-corrected chi connectivity index (χ0v) is 20.2. The summed E-state index contributed by atoms with van der Waals surface area (Å²) in [5.74, 6) is 1.26. The van der Waals surface area contributed by atoms with Gasteiger partial charge in [-0.15, -0.1) is 0 Å². The Balaban J connectivity index is 0.00000190. The normalized spacial score (nSPS) is 12.2. The summed E-state index contributed by atoms with van der Waals surface area (Å²) in [4.78, 5) is 0. The first-order chi connectivity index (χ1) is 12.8. The van der Waals surface area contributed by atoms with Crippen LogP contribution in [-0.2, 0) is 10.8 Å². The molecule has 0 radical (unpaired) electrons. The Kier molecular flexibility index (Phi) is 7.92. The van der Waals surface area contributed by atoms with Crippen LogP contribution in [0.15, 0.2) is 42.5 Å². The lowest BCUT2D eigenvalue weighted by atomic mass is 9.79. The van der Waals surface area contributed by atoms with Gasteiger partial charge in [0.25, 0.3) is 0 Å². The molecule has 0 amide bonds. The third-order valence-electron chi connectivity index (χ3n) is 4.85. The fraction of sp³-hybridized carbons (Fsp3) is 0.500. The molecule has 0 saturated heterocycles. The summed E-state index contributed by atoms with van der Waals surface area (Å²) in [6.45, 7) is 17.4. The average Bonchev–Trinajstić information content (AvgIpc) is 2.61. The van der Waals surface area contributed by atoms with Crippen LogP contribution in [0.1, 0.15) is 52.7 Å². The van der Waals surface area contributed by atoms with Crippen LogP contribution in [0.3, 0.4) is 0 Å². The summed E-state index contributed by atoms with van der Waals surface area (Å²) in [6.07, 6.45) is 0.717. The predicted octanol–water partition coefficient (Wildman–Crippen LogP) is 5.10. The number of hydrogen-bond donors (Lipinski definition) is 2. The molecular weight excluding hydrogens is 362 g/mol. The molecule has 0 bridgehead atoms. The van der Waals surface area contributed by atoms with Crippen LogP contribution >= 0.6 is 0 Å². The van der Waals surface area contributed by atoms with Crippen LogP contribution in [0, 0.1) is 0 Å². The van der Waals surface area contributed by atoms with Crippen molar-refractivity contribution >= 4 is 13.3 Å². The number of rotatable bonds is 4. The summed E-state index contributed by atoms with van der Waals surface area (Å²) in [7, 11) is -0.187. The van der Waals surface area contributed by atoms with Crippen LogP contribution in [0.25, 0.3) is 0 Å². The topological polar surface area (TPSA) is 55.5 Å². The van der Waals surface area contributed by atoms with E-state index in [1.807, 2.05) is 12.1 Å². The van der Waals surface area contributed by atoms with E-state index >= 15 is 0 Å². The Morgan fingerprint density at radius 3 is 1.68 bits per heavy atom. The molecule has 4 heteroatoms. The lowest BCUT2D eigenvalue weighted by Gasteiger charge is -2.29. The van der Waals surface area contributed by atoms with Crippen molar-refractivity contribution < 1.29 is 9.84 Å². The van der Waals surface area contributed by atoms with E-state index in [-0.39, 0.29) is 10.8 Å². The molecule has 0 aliphatic heterocycles. The predicted molar refractivity (Wildman–Crippen MR) is 125 cm³/mol. The Morgan fingerprint density at radius 1 is 0.857 bits per heavy atom. The first-order valence-corrected chi connectivity index (χ1v) is 13.2. The van der Waals surface area contributed by atoms with Gasteiger partial charge >= 0.3 is 0 Å². The van der Waals surface area contributed by atoms with Crippen molar-refractivity contribution in [1.29, 1.82) is 0 Å². The summed E-state index contributed by atoms with van der Waals surface area (Å²) < 4.78 is 6.30. The smallest absolute Gasteiger partial charge is 0.124 e. The maximum atomic E-state index is 10.8. The van der Waals surface area contributed by atoms with Gasteiger partial charge in [0.05, 0.1) is 6.23 Å². The molecule has 0 aliphatic rings. The van der Waals surface area contributed by atoms with E-state index in [2.05, 4.69) is 90.7 Å². The highest BCUT2D eigenvalue weighted by atomic mass is 28.3. The molecule has 0 heterocycles. The molecule has 0 atom stereocenters. The fourth-order valence-corrected chi connectivity index (χ4v) is 4.86. The van der Waals surface area contributed by atoms with Crippen molar-refractivity contribution in [2.75, 3.05) is 13.3 Å². The maximum Gasteiger partial charge on any atom is 0.124 e. The largest absolute Gasteiger partial charge is 0.507 e. The van der Waals surface area contributed by atoms with E-state index in [1.54, 1.807) is 0 Å². The van der Waals surface area contributed by atoms with Gasteiger partial charge in [-0.1, -0.05) is 90.2 Å². The minimum atomic E-state index is -1.69. The van der Waals surface area contributed by atoms with Crippen molar-refractivity contribution in [3.05, 3.63) is 53.6 Å². The van der Waals surface area contributed by atoms with Gasteiger partial charge in [0.1, 0.15) is 19.6 Å². The number of benzene rings is 2. The zero-order valence-electron chi connectivity index (χ0n) is 19.2. The van der Waals surface area contributed by atoms with Gasteiger partial charge in [-0.25, -0.2) is 0 Å². The van der Waals surface area contributed by atoms with Crippen LogP contribution in [0.2, 0.25) is 13.1 Å². The number of phenols is 1. The lowest BCUT2D eigenvalue weighted by molar-refractivity contribution is 0.369. The SMILES string of the molecule is CC(C)(C)c1cc(OC[Si](C)(C)c2ccccc2)cc(C(C)(C)C)c1O.CN. The summed E-state index contributed by atoms with van der Waals surface area (Å²) in [6, 6.07) is 14.7. The van der Waals surface area contributed by atoms with E-state index in [0.29, 0.717) is 5.75 Å². The molecule has 0 spiro atoms. The lowest BCUT2D eigenvalue weighted by Crippen LogP contribution is -2.47. The summed E-state index contributed by atoms with van der Waals surface area (Å²) in [5, 5.41) is 12.2. The van der Waals surface area contributed by atoms with Crippen LogP contribution in [0.4, 0.5) is 0 Å². The number of nitrogens with two attached hydrogens (primary N) is 1. The molecule has 28 heavy (non-hydrogen) atoms. The van der Waals surface area contributed by atoms with Gasteiger partial charge in [-0.3, -0.25) is 0 Å². The van der Waals surface area contributed by atoms with Crippen molar-refractivity contribution in [2.24, 2.45) is 5.73 Å². The first-order valence-electron chi connectivity index (χ1n) is 9.96. The van der Waals surface area contributed by atoms with E-state index in [0.717, 1.165) is 23.1 Å². The van der Waals surface area contributed by atoms with E-state index < -0.39 is 8.07 Å². The number of aromatic hydroxyl groups is 1. The molecule has 2 aromatic rings. The molecule has 0 unspecified atom stereocenters. The first kappa shape index (κ1) is 24.3. The zero-order chi connectivity index (χ0) is 21.8. The van der Waals surface area contributed by atoms with Gasteiger partial charge in [-0.05, 0) is 30.0 Å². The minimum absolute atomic E-state index is 0.143. The summed E-state index contributed by atoms with van der Waals surface area (Å²) in [5.41, 5.74) is 6.10. The van der Waals surface area contributed by atoms with Crippen LogP contribution in [0.5, 0.6) is 11.5 Å². The number of ether oxygens (including phenoxy) is 1. The van der Waals surface area contributed by atoms with E-state index in [1.165, 1.54) is 12.2 Å². The third-order valence-corrected chi connectivity index (χ3v) is 7.62. The average molecular weight is 402 g/mol. The van der Waals surface area contributed by atoms with Crippen molar-refractivity contribution in [1.82, 2.24) is 0 Å². The quantitative estimate of drug-likeness (QED) is 0.701. The van der Waals surface area contributed by atoms with E-state index in [4.69, 9.17) is 4.74 Å². The Morgan fingerprint density at radius 2 is 1.29 bits per heavy atom. The van der Waals surface area contributed by atoms with Gasteiger partial charge in [0, 0.05) is 11.1 Å². The number of phenolic OH excluding ortho intramolecular Hbond substituents is 1. The molecule has 0 saturated carbocycles.